The fraction of sp³-hybridized carbons (Fsp3) is 0. The molecule has 2 aromatic rings. The van der Waals surface area contributed by atoms with Crippen LogP contribution in [-0.2, 0) is 10.0 Å². The van der Waals surface area contributed by atoms with Gasteiger partial charge in [-0.15, -0.1) is 4.83 Å². The molecule has 0 saturated heterocycles. The molecule has 0 aromatic heterocycles. The molecule has 0 amide bonds. The Labute approximate surface area is 127 Å². The van der Waals surface area contributed by atoms with E-state index in [1.807, 2.05) is 6.07 Å². The first-order chi connectivity index (χ1) is 10.5. The molecule has 7 nitrogen and oxygen atoms in total. The van der Waals surface area contributed by atoms with E-state index in [9.17, 15) is 18.5 Å². The average Bonchev–Trinajstić information content (AvgIpc) is 2.53. The van der Waals surface area contributed by atoms with Crippen molar-refractivity contribution >= 4 is 27.5 Å². The van der Waals surface area contributed by atoms with Crippen LogP contribution < -0.4 is 10.3 Å². The summed E-state index contributed by atoms with van der Waals surface area (Å²) in [5.41, 5.74) is 3.66. The largest absolute Gasteiger partial charge is 0.308 e. The lowest BCUT2D eigenvalue weighted by Gasteiger charge is -2.06. The van der Waals surface area contributed by atoms with E-state index >= 15 is 0 Å². The van der Waals surface area contributed by atoms with Crippen molar-refractivity contribution in [2.24, 2.45) is 0 Å². The van der Waals surface area contributed by atoms with E-state index in [1.54, 1.807) is 24.3 Å². The highest BCUT2D eigenvalue weighted by atomic mass is 32.2. The SMILES string of the molecule is O=[N+]([O-])c1ccc(C=CS(=O)(=O)NNc2ccccc2)cc1. The highest BCUT2D eigenvalue weighted by molar-refractivity contribution is 7.92. The predicted octanol–water partition coefficient (Wildman–Crippen LogP) is 2.51. The number of rotatable bonds is 6. The van der Waals surface area contributed by atoms with Gasteiger partial charge in [-0.25, -0.2) is 8.42 Å². The summed E-state index contributed by atoms with van der Waals surface area (Å²) in [7, 11) is -3.68. The number of hydrogen-bond acceptors (Lipinski definition) is 5. The van der Waals surface area contributed by atoms with E-state index in [4.69, 9.17) is 0 Å². The number of nitro groups is 1. The van der Waals surface area contributed by atoms with E-state index in [1.165, 1.54) is 30.3 Å². The van der Waals surface area contributed by atoms with Crippen LogP contribution in [0.2, 0.25) is 0 Å². The molecule has 0 bridgehead atoms. The Kier molecular flexibility index (Phi) is 4.87. The fourth-order valence-corrected chi connectivity index (χ4v) is 2.23. The van der Waals surface area contributed by atoms with Crippen molar-refractivity contribution in [1.82, 2.24) is 4.83 Å². The van der Waals surface area contributed by atoms with Gasteiger partial charge >= 0.3 is 0 Å². The molecule has 0 unspecified atom stereocenters. The van der Waals surface area contributed by atoms with Gasteiger partial charge in [-0.2, -0.15) is 0 Å². The predicted molar refractivity (Wildman–Crippen MR) is 84.3 cm³/mol. The Morgan fingerprint density at radius 1 is 1.00 bits per heavy atom. The Balaban J connectivity index is 2.00. The van der Waals surface area contributed by atoms with Gasteiger partial charge in [-0.1, -0.05) is 18.2 Å². The minimum atomic E-state index is -3.68. The Morgan fingerprint density at radius 2 is 1.64 bits per heavy atom. The molecule has 0 heterocycles. The molecule has 0 radical (unpaired) electrons. The first-order valence-corrected chi connectivity index (χ1v) is 7.76. The first kappa shape index (κ1) is 15.7. The number of hydrogen-bond donors (Lipinski definition) is 2. The summed E-state index contributed by atoms with van der Waals surface area (Å²) < 4.78 is 23.6. The van der Waals surface area contributed by atoms with Gasteiger partial charge < -0.3 is 5.43 Å². The van der Waals surface area contributed by atoms with Crippen molar-refractivity contribution in [2.45, 2.75) is 0 Å². The van der Waals surface area contributed by atoms with Crippen LogP contribution in [0.1, 0.15) is 5.56 Å². The molecule has 0 aliphatic carbocycles. The number of para-hydroxylation sites is 1. The zero-order valence-electron chi connectivity index (χ0n) is 11.3. The number of nitrogens with one attached hydrogen (secondary N) is 2. The summed E-state index contributed by atoms with van der Waals surface area (Å²) in [5, 5.41) is 11.5. The van der Waals surface area contributed by atoms with Gasteiger partial charge in [-0.05, 0) is 35.9 Å². The van der Waals surface area contributed by atoms with Crippen LogP contribution in [-0.4, -0.2) is 13.3 Å². The number of sulfonamides is 1. The molecule has 2 N–H and O–H groups in total. The number of hydrazine groups is 1. The second-order valence-corrected chi connectivity index (χ2v) is 5.86. The third-order valence-electron chi connectivity index (χ3n) is 2.65. The smallest absolute Gasteiger partial charge is 0.269 e. The van der Waals surface area contributed by atoms with Crippen molar-refractivity contribution in [1.29, 1.82) is 0 Å². The molecule has 2 aromatic carbocycles. The standard InChI is InChI=1S/C14H13N3O4S/c18-17(19)14-8-6-12(7-9-14)10-11-22(20,21)16-15-13-4-2-1-3-5-13/h1-11,15-16H. The van der Waals surface area contributed by atoms with E-state index in [0.29, 0.717) is 11.3 Å². The highest BCUT2D eigenvalue weighted by Gasteiger charge is 2.05. The Bertz CT molecular complexity index is 771. The van der Waals surface area contributed by atoms with Crippen LogP contribution in [0.25, 0.3) is 6.08 Å². The van der Waals surface area contributed by atoms with E-state index < -0.39 is 14.9 Å². The van der Waals surface area contributed by atoms with E-state index in [-0.39, 0.29) is 5.69 Å². The monoisotopic (exact) mass is 319 g/mol. The molecule has 22 heavy (non-hydrogen) atoms. The molecule has 0 atom stereocenters. The third-order valence-corrected chi connectivity index (χ3v) is 3.54. The second-order valence-electron chi connectivity index (χ2n) is 4.29. The molecule has 114 valence electrons. The van der Waals surface area contributed by atoms with Gasteiger partial charge in [0.1, 0.15) is 0 Å². The van der Waals surface area contributed by atoms with Gasteiger partial charge in [0.05, 0.1) is 4.92 Å². The zero-order valence-corrected chi connectivity index (χ0v) is 12.2. The molecule has 0 fully saturated rings. The summed E-state index contributed by atoms with van der Waals surface area (Å²) in [6.45, 7) is 0. The van der Waals surface area contributed by atoms with Crippen molar-refractivity contribution in [3.63, 3.8) is 0 Å². The summed E-state index contributed by atoms with van der Waals surface area (Å²) in [6, 6.07) is 14.3. The minimum absolute atomic E-state index is 0.0520. The van der Waals surface area contributed by atoms with Crippen molar-refractivity contribution in [3.05, 3.63) is 75.7 Å². The van der Waals surface area contributed by atoms with Crippen LogP contribution in [0.3, 0.4) is 0 Å². The third kappa shape index (κ3) is 4.69. The molecule has 0 saturated carbocycles. The molecule has 0 spiro atoms. The number of non-ortho nitro benzene ring substituents is 1. The summed E-state index contributed by atoms with van der Waals surface area (Å²) in [5.74, 6) is 0. The summed E-state index contributed by atoms with van der Waals surface area (Å²) in [6.07, 6.45) is 1.35. The Morgan fingerprint density at radius 3 is 2.23 bits per heavy atom. The van der Waals surface area contributed by atoms with Gasteiger partial charge in [0.2, 0.25) is 10.0 Å². The lowest BCUT2D eigenvalue weighted by atomic mass is 10.2. The normalized spacial score (nSPS) is 11.5. The second kappa shape index (κ2) is 6.83. The van der Waals surface area contributed by atoms with Crippen LogP contribution in [0.15, 0.2) is 60.0 Å². The van der Waals surface area contributed by atoms with Crippen LogP contribution in [0.5, 0.6) is 0 Å². The highest BCUT2D eigenvalue weighted by Crippen LogP contribution is 2.13. The van der Waals surface area contributed by atoms with E-state index in [2.05, 4.69) is 10.3 Å². The Hall–Kier alpha value is -2.71. The van der Waals surface area contributed by atoms with Gasteiger partial charge in [0.15, 0.2) is 0 Å². The number of nitrogens with zero attached hydrogens (tertiary/aromatic N) is 1. The molecule has 2 rings (SSSR count). The quantitative estimate of drug-likeness (QED) is 0.629. The number of anilines is 1. The molecule has 0 aliphatic rings. The fourth-order valence-electron chi connectivity index (χ4n) is 1.56. The number of benzene rings is 2. The van der Waals surface area contributed by atoms with Gasteiger partial charge in [0.25, 0.3) is 5.69 Å². The molecule has 8 heteroatoms. The van der Waals surface area contributed by atoms with Crippen LogP contribution >= 0.6 is 0 Å². The maximum atomic E-state index is 11.8. The van der Waals surface area contributed by atoms with E-state index in [0.717, 1.165) is 5.41 Å². The minimum Gasteiger partial charge on any atom is -0.308 e. The van der Waals surface area contributed by atoms with Crippen LogP contribution in [0.4, 0.5) is 11.4 Å². The summed E-state index contributed by atoms with van der Waals surface area (Å²) >= 11 is 0. The first-order valence-electron chi connectivity index (χ1n) is 6.22. The van der Waals surface area contributed by atoms with Crippen LogP contribution in [0, 0.1) is 10.1 Å². The molecular formula is C14H13N3O4S. The van der Waals surface area contributed by atoms with Gasteiger partial charge in [0, 0.05) is 23.2 Å². The number of nitro benzene ring substituents is 1. The topological polar surface area (TPSA) is 101 Å². The molecular weight excluding hydrogens is 306 g/mol. The zero-order chi connectivity index (χ0) is 16.0. The van der Waals surface area contributed by atoms with Gasteiger partial charge in [-0.3, -0.25) is 10.1 Å². The lowest BCUT2D eigenvalue weighted by Crippen LogP contribution is -2.27. The van der Waals surface area contributed by atoms with Crippen molar-refractivity contribution in [2.75, 3.05) is 5.43 Å². The summed E-state index contributed by atoms with van der Waals surface area (Å²) in [4.78, 5) is 12.2. The lowest BCUT2D eigenvalue weighted by molar-refractivity contribution is -0.384. The van der Waals surface area contributed by atoms with Crippen molar-refractivity contribution in [3.8, 4) is 0 Å². The maximum Gasteiger partial charge on any atom is 0.269 e. The molecule has 0 aliphatic heterocycles. The maximum absolute atomic E-state index is 11.8. The van der Waals surface area contributed by atoms with Crippen molar-refractivity contribution < 1.29 is 13.3 Å². The average molecular weight is 319 g/mol.